The van der Waals surface area contributed by atoms with Gasteiger partial charge in [-0.15, -0.1) is 11.8 Å². The number of hydrogen-bond donors (Lipinski definition) is 0. The minimum absolute atomic E-state index is 0.363. The van der Waals surface area contributed by atoms with Gasteiger partial charge in [0.15, 0.2) is 0 Å². The van der Waals surface area contributed by atoms with Crippen LogP contribution in [0.2, 0.25) is 0 Å². The van der Waals surface area contributed by atoms with Crippen molar-refractivity contribution in [3.63, 3.8) is 0 Å². The van der Waals surface area contributed by atoms with Gasteiger partial charge in [-0.05, 0) is 35.1 Å². The molecule has 1 aliphatic carbocycles. The van der Waals surface area contributed by atoms with E-state index in [0.717, 1.165) is 18.3 Å². The monoisotopic (exact) mass is 268 g/mol. The molecule has 0 spiro atoms. The maximum absolute atomic E-state index is 11.0. The Morgan fingerprint density at radius 2 is 2.00 bits per heavy atom. The quantitative estimate of drug-likeness (QED) is 0.746. The molecule has 0 saturated carbocycles. The average molecular weight is 268 g/mol. The van der Waals surface area contributed by atoms with Gasteiger partial charge in [0, 0.05) is 10.2 Å². The van der Waals surface area contributed by atoms with E-state index in [1.54, 1.807) is 0 Å². The van der Waals surface area contributed by atoms with Gasteiger partial charge < -0.3 is 0 Å². The van der Waals surface area contributed by atoms with E-state index in [2.05, 4.69) is 49.4 Å². The van der Waals surface area contributed by atoms with Gasteiger partial charge >= 0.3 is 0 Å². The summed E-state index contributed by atoms with van der Waals surface area (Å²) in [6.45, 7) is 2.14. The molecular formula is C17H16OS. The van der Waals surface area contributed by atoms with Crippen LogP contribution in [-0.2, 0) is 4.79 Å². The molecule has 96 valence electrons. The van der Waals surface area contributed by atoms with Crippen molar-refractivity contribution >= 4 is 23.0 Å². The summed E-state index contributed by atoms with van der Waals surface area (Å²) in [6, 6.07) is 10.5. The molecule has 1 nitrogen and oxygen atoms in total. The van der Waals surface area contributed by atoms with Crippen molar-refractivity contribution in [1.29, 1.82) is 0 Å². The Kier molecular flexibility index (Phi) is 3.43. The third-order valence-electron chi connectivity index (χ3n) is 3.73. The number of hydrogen-bond acceptors (Lipinski definition) is 2. The minimum Gasteiger partial charge on any atom is -0.298 e. The van der Waals surface area contributed by atoms with Crippen LogP contribution in [0.5, 0.6) is 0 Å². The van der Waals surface area contributed by atoms with Gasteiger partial charge in [-0.1, -0.05) is 49.4 Å². The van der Waals surface area contributed by atoms with Crippen molar-refractivity contribution < 1.29 is 4.79 Å². The molecule has 2 unspecified atom stereocenters. The Bertz CT molecular complexity index is 581. The highest BCUT2D eigenvalue weighted by molar-refractivity contribution is 8.09. The highest BCUT2D eigenvalue weighted by Crippen LogP contribution is 2.44. The highest BCUT2D eigenvalue weighted by atomic mass is 32.2. The molecule has 0 amide bonds. The van der Waals surface area contributed by atoms with Crippen LogP contribution in [0.15, 0.2) is 59.7 Å². The normalized spacial score (nSPS) is 25.8. The SMILES string of the molecule is CC1CC2SC(c3ccccc3)=CC=C2C=C1C=O. The maximum Gasteiger partial charge on any atom is 0.146 e. The Morgan fingerprint density at radius 3 is 2.74 bits per heavy atom. The lowest BCUT2D eigenvalue weighted by Crippen LogP contribution is -2.20. The van der Waals surface area contributed by atoms with E-state index < -0.39 is 0 Å². The first kappa shape index (κ1) is 12.5. The van der Waals surface area contributed by atoms with Crippen molar-refractivity contribution in [2.75, 3.05) is 0 Å². The lowest BCUT2D eigenvalue weighted by atomic mass is 9.86. The summed E-state index contributed by atoms with van der Waals surface area (Å²) in [7, 11) is 0. The first-order valence-electron chi connectivity index (χ1n) is 6.58. The van der Waals surface area contributed by atoms with Gasteiger partial charge in [0.25, 0.3) is 0 Å². The molecule has 2 atom stereocenters. The number of carbonyl (C=O) groups is 1. The zero-order chi connectivity index (χ0) is 13.2. The molecule has 0 bridgehead atoms. The van der Waals surface area contributed by atoms with Crippen molar-refractivity contribution in [2.24, 2.45) is 5.92 Å². The van der Waals surface area contributed by atoms with Gasteiger partial charge in [0.2, 0.25) is 0 Å². The Morgan fingerprint density at radius 1 is 1.21 bits per heavy atom. The minimum atomic E-state index is 0.363. The number of aldehydes is 1. The fourth-order valence-corrected chi connectivity index (χ4v) is 3.97. The molecule has 0 saturated heterocycles. The Balaban J connectivity index is 1.93. The van der Waals surface area contributed by atoms with E-state index in [9.17, 15) is 4.79 Å². The van der Waals surface area contributed by atoms with Crippen molar-refractivity contribution in [3.8, 4) is 0 Å². The van der Waals surface area contributed by atoms with E-state index in [4.69, 9.17) is 0 Å². The average Bonchev–Trinajstić information content (AvgIpc) is 2.47. The van der Waals surface area contributed by atoms with E-state index >= 15 is 0 Å². The molecule has 0 N–H and O–H groups in total. The summed E-state index contributed by atoms with van der Waals surface area (Å²) in [6.07, 6.45) is 8.45. The summed E-state index contributed by atoms with van der Waals surface area (Å²) >= 11 is 1.92. The van der Waals surface area contributed by atoms with Gasteiger partial charge in [0.05, 0.1) is 0 Å². The second-order valence-electron chi connectivity index (χ2n) is 5.07. The smallest absolute Gasteiger partial charge is 0.146 e. The second-order valence-corrected chi connectivity index (χ2v) is 6.31. The lowest BCUT2D eigenvalue weighted by Gasteiger charge is -2.30. The number of fused-ring (bicyclic) bond motifs is 1. The van der Waals surface area contributed by atoms with Crippen LogP contribution in [0.3, 0.4) is 0 Å². The van der Waals surface area contributed by atoms with Gasteiger partial charge in [-0.25, -0.2) is 0 Å². The fourth-order valence-electron chi connectivity index (χ4n) is 2.57. The number of carbonyl (C=O) groups excluding carboxylic acids is 1. The first-order valence-corrected chi connectivity index (χ1v) is 7.46. The van der Waals surface area contributed by atoms with Crippen molar-refractivity contribution in [1.82, 2.24) is 0 Å². The molecule has 1 aliphatic heterocycles. The molecule has 1 aromatic carbocycles. The number of rotatable bonds is 2. The third-order valence-corrected chi connectivity index (χ3v) is 5.11. The third kappa shape index (κ3) is 2.45. The summed E-state index contributed by atoms with van der Waals surface area (Å²) in [5, 5.41) is 0.485. The molecule has 19 heavy (non-hydrogen) atoms. The number of allylic oxidation sites excluding steroid dienone is 4. The zero-order valence-electron chi connectivity index (χ0n) is 10.9. The summed E-state index contributed by atoms with van der Waals surface area (Å²) in [5.41, 5.74) is 3.49. The molecule has 0 fully saturated rings. The molecule has 0 radical (unpaired) electrons. The molecule has 0 aromatic heterocycles. The van der Waals surface area contributed by atoms with Crippen LogP contribution in [-0.4, -0.2) is 11.5 Å². The van der Waals surface area contributed by atoms with Gasteiger partial charge in [-0.2, -0.15) is 0 Å². The fraction of sp³-hybridized carbons (Fsp3) is 0.235. The Hall–Kier alpha value is -1.54. The summed E-state index contributed by atoms with van der Waals surface area (Å²) in [4.78, 5) is 12.3. The predicted molar refractivity (Wildman–Crippen MR) is 81.8 cm³/mol. The van der Waals surface area contributed by atoms with Crippen molar-refractivity contribution in [3.05, 3.63) is 65.3 Å². The van der Waals surface area contributed by atoms with E-state index in [0.29, 0.717) is 11.2 Å². The van der Waals surface area contributed by atoms with E-state index in [1.165, 1.54) is 16.0 Å². The highest BCUT2D eigenvalue weighted by Gasteiger charge is 2.27. The predicted octanol–water partition coefficient (Wildman–Crippen LogP) is 4.23. The first-order chi connectivity index (χ1) is 9.28. The zero-order valence-corrected chi connectivity index (χ0v) is 11.7. The molecule has 2 heteroatoms. The van der Waals surface area contributed by atoms with Crippen LogP contribution >= 0.6 is 11.8 Å². The second kappa shape index (κ2) is 5.22. The molecule has 3 rings (SSSR count). The van der Waals surface area contributed by atoms with Crippen LogP contribution < -0.4 is 0 Å². The van der Waals surface area contributed by atoms with Crippen molar-refractivity contribution in [2.45, 2.75) is 18.6 Å². The molecule has 1 aromatic rings. The van der Waals surface area contributed by atoms with E-state index in [1.807, 2.05) is 17.8 Å². The van der Waals surface area contributed by atoms with Gasteiger partial charge in [0.1, 0.15) is 6.29 Å². The van der Waals surface area contributed by atoms with E-state index in [-0.39, 0.29) is 0 Å². The molecule has 2 aliphatic rings. The molecular weight excluding hydrogens is 252 g/mol. The van der Waals surface area contributed by atoms with Crippen LogP contribution in [0, 0.1) is 5.92 Å². The van der Waals surface area contributed by atoms with Crippen LogP contribution in [0.1, 0.15) is 18.9 Å². The number of thioether (sulfide) groups is 1. The maximum atomic E-state index is 11.0. The van der Waals surface area contributed by atoms with Gasteiger partial charge in [-0.3, -0.25) is 4.79 Å². The topological polar surface area (TPSA) is 17.1 Å². The lowest BCUT2D eigenvalue weighted by molar-refractivity contribution is -0.105. The number of benzene rings is 1. The van der Waals surface area contributed by atoms with Crippen LogP contribution in [0.4, 0.5) is 0 Å². The largest absolute Gasteiger partial charge is 0.298 e. The standard InChI is InChI=1S/C17H16OS/c1-12-9-17-14(10-15(12)11-18)7-8-16(19-17)13-5-3-2-4-6-13/h2-8,10-12,17H,9H2,1H3. The Labute approximate surface area is 118 Å². The molecule has 1 heterocycles. The summed E-state index contributed by atoms with van der Waals surface area (Å²) < 4.78 is 0. The summed E-state index contributed by atoms with van der Waals surface area (Å²) in [5.74, 6) is 0.363. The van der Waals surface area contributed by atoms with Crippen LogP contribution in [0.25, 0.3) is 4.91 Å².